The van der Waals surface area contributed by atoms with Crippen LogP contribution in [0.3, 0.4) is 0 Å². The van der Waals surface area contributed by atoms with Gasteiger partial charge in [0.05, 0.1) is 7.11 Å². The van der Waals surface area contributed by atoms with Crippen LogP contribution in [0.4, 0.5) is 0 Å². The average Bonchev–Trinajstić information content (AvgIpc) is 2.07. The quantitative estimate of drug-likeness (QED) is 0.398. The predicted octanol–water partition coefficient (Wildman–Crippen LogP) is 1.45. The molecule has 0 spiro atoms. The van der Waals surface area contributed by atoms with Crippen LogP contribution in [-0.4, -0.2) is 19.6 Å². The lowest BCUT2D eigenvalue weighted by atomic mass is 9.83. The first-order chi connectivity index (χ1) is 6.33. The number of rotatable bonds is 5. The van der Waals surface area contributed by atoms with E-state index in [0.29, 0.717) is 0 Å². The third-order valence-electron chi connectivity index (χ3n) is 2.46. The highest BCUT2D eigenvalue weighted by Gasteiger charge is 2.15. The number of hydrogen-bond donors (Lipinski definition) is 1. The number of methoxy groups -OCH3 is 1. The first kappa shape index (κ1) is 10.1. The lowest BCUT2D eigenvalue weighted by molar-refractivity contribution is -0.134. The molecule has 1 rings (SSSR count). The Kier molecular flexibility index (Phi) is 4.36. The van der Waals surface area contributed by atoms with Crippen molar-refractivity contribution in [1.82, 2.24) is 5.32 Å². The standard InChI is InChI=1S/C10H17NO2/c1-13-10(12)6-8-11-7-5-9-3-2-4-9/h6,8-9,11H,2-5,7H2,1H3/b8-6+. The highest BCUT2D eigenvalue weighted by atomic mass is 16.5. The summed E-state index contributed by atoms with van der Waals surface area (Å²) >= 11 is 0. The Hall–Kier alpha value is -0.990. The molecule has 0 bridgehead atoms. The maximum Gasteiger partial charge on any atom is 0.331 e. The fraction of sp³-hybridized carbons (Fsp3) is 0.700. The van der Waals surface area contributed by atoms with E-state index < -0.39 is 0 Å². The van der Waals surface area contributed by atoms with E-state index >= 15 is 0 Å². The van der Waals surface area contributed by atoms with Crippen LogP contribution in [0.2, 0.25) is 0 Å². The van der Waals surface area contributed by atoms with E-state index in [-0.39, 0.29) is 5.97 Å². The number of hydrogen-bond acceptors (Lipinski definition) is 3. The van der Waals surface area contributed by atoms with Crippen molar-refractivity contribution >= 4 is 5.97 Å². The first-order valence-electron chi connectivity index (χ1n) is 4.81. The molecule has 0 heterocycles. The largest absolute Gasteiger partial charge is 0.466 e. The lowest BCUT2D eigenvalue weighted by Gasteiger charge is -2.24. The summed E-state index contributed by atoms with van der Waals surface area (Å²) in [5.41, 5.74) is 0. The first-order valence-corrected chi connectivity index (χ1v) is 4.81. The summed E-state index contributed by atoms with van der Waals surface area (Å²) in [4.78, 5) is 10.6. The molecule has 13 heavy (non-hydrogen) atoms. The normalized spacial score (nSPS) is 17.0. The van der Waals surface area contributed by atoms with Gasteiger partial charge in [-0.05, 0) is 12.3 Å². The fourth-order valence-corrected chi connectivity index (χ4v) is 1.35. The molecule has 3 heteroatoms. The molecule has 0 aromatic rings. The van der Waals surface area contributed by atoms with Crippen molar-refractivity contribution in [3.63, 3.8) is 0 Å². The summed E-state index contributed by atoms with van der Waals surface area (Å²) in [7, 11) is 1.38. The summed E-state index contributed by atoms with van der Waals surface area (Å²) in [6.45, 7) is 0.957. The average molecular weight is 183 g/mol. The molecule has 0 amide bonds. The van der Waals surface area contributed by atoms with Gasteiger partial charge in [0.25, 0.3) is 0 Å². The lowest BCUT2D eigenvalue weighted by Crippen LogP contribution is -2.18. The molecule has 3 nitrogen and oxygen atoms in total. The van der Waals surface area contributed by atoms with E-state index in [4.69, 9.17) is 0 Å². The minimum absolute atomic E-state index is 0.309. The van der Waals surface area contributed by atoms with Gasteiger partial charge in [-0.15, -0.1) is 0 Å². The minimum Gasteiger partial charge on any atom is -0.466 e. The Bertz CT molecular complexity index is 185. The Balaban J connectivity index is 1.93. The maximum absolute atomic E-state index is 10.6. The summed E-state index contributed by atoms with van der Waals surface area (Å²) < 4.78 is 4.44. The van der Waals surface area contributed by atoms with Crippen molar-refractivity contribution in [3.8, 4) is 0 Å². The Morgan fingerprint density at radius 1 is 1.62 bits per heavy atom. The summed E-state index contributed by atoms with van der Waals surface area (Å²) in [6, 6.07) is 0. The zero-order valence-electron chi connectivity index (χ0n) is 8.08. The molecule has 0 unspecified atom stereocenters. The molecule has 1 fully saturated rings. The molecule has 1 aliphatic carbocycles. The maximum atomic E-state index is 10.6. The second-order valence-electron chi connectivity index (χ2n) is 3.40. The van der Waals surface area contributed by atoms with Crippen molar-refractivity contribution in [2.75, 3.05) is 13.7 Å². The number of carbonyl (C=O) groups is 1. The smallest absolute Gasteiger partial charge is 0.331 e. The highest BCUT2D eigenvalue weighted by molar-refractivity contribution is 5.81. The van der Waals surface area contributed by atoms with E-state index in [9.17, 15) is 4.79 Å². The molecular weight excluding hydrogens is 166 g/mol. The van der Waals surface area contributed by atoms with Crippen LogP contribution in [0.5, 0.6) is 0 Å². The molecule has 0 aliphatic heterocycles. The zero-order chi connectivity index (χ0) is 9.52. The molecule has 1 aliphatic rings. The van der Waals surface area contributed by atoms with Crippen molar-refractivity contribution in [2.24, 2.45) is 5.92 Å². The molecule has 0 radical (unpaired) electrons. The van der Waals surface area contributed by atoms with Crippen LogP contribution >= 0.6 is 0 Å². The van der Waals surface area contributed by atoms with E-state index in [2.05, 4.69) is 10.1 Å². The molecule has 0 saturated heterocycles. The minimum atomic E-state index is -0.309. The van der Waals surface area contributed by atoms with Crippen LogP contribution in [-0.2, 0) is 9.53 Å². The molecule has 1 saturated carbocycles. The predicted molar refractivity (Wildman–Crippen MR) is 51.1 cm³/mol. The van der Waals surface area contributed by atoms with Crippen molar-refractivity contribution in [1.29, 1.82) is 0 Å². The van der Waals surface area contributed by atoms with Crippen molar-refractivity contribution in [2.45, 2.75) is 25.7 Å². The van der Waals surface area contributed by atoms with Gasteiger partial charge in [-0.1, -0.05) is 19.3 Å². The molecule has 0 aromatic carbocycles. The number of ether oxygens (including phenoxy) is 1. The molecule has 74 valence electrons. The third kappa shape index (κ3) is 3.97. The summed E-state index contributed by atoms with van der Waals surface area (Å²) in [6.07, 6.45) is 8.42. The van der Waals surface area contributed by atoms with Gasteiger partial charge < -0.3 is 10.1 Å². The topological polar surface area (TPSA) is 38.3 Å². The van der Waals surface area contributed by atoms with E-state index in [0.717, 1.165) is 12.5 Å². The number of carbonyl (C=O) groups excluding carboxylic acids is 1. The van der Waals surface area contributed by atoms with Gasteiger partial charge >= 0.3 is 5.97 Å². The number of esters is 1. The van der Waals surface area contributed by atoms with Gasteiger partial charge in [0.15, 0.2) is 0 Å². The number of nitrogens with one attached hydrogen (secondary N) is 1. The van der Waals surface area contributed by atoms with Crippen LogP contribution in [0.1, 0.15) is 25.7 Å². The summed E-state index contributed by atoms with van der Waals surface area (Å²) in [5.74, 6) is 0.607. The van der Waals surface area contributed by atoms with Gasteiger partial charge in [-0.2, -0.15) is 0 Å². The van der Waals surface area contributed by atoms with Crippen LogP contribution in [0, 0.1) is 5.92 Å². The van der Waals surface area contributed by atoms with E-state index in [1.807, 2.05) is 0 Å². The fourth-order valence-electron chi connectivity index (χ4n) is 1.35. The van der Waals surface area contributed by atoms with Gasteiger partial charge in [-0.3, -0.25) is 0 Å². The van der Waals surface area contributed by atoms with E-state index in [1.165, 1.54) is 38.9 Å². The highest BCUT2D eigenvalue weighted by Crippen LogP contribution is 2.28. The molecule has 0 aromatic heterocycles. The Morgan fingerprint density at radius 3 is 2.92 bits per heavy atom. The SMILES string of the molecule is COC(=O)/C=C/NCCC1CCC1. The van der Waals surface area contributed by atoms with Gasteiger partial charge in [0.1, 0.15) is 0 Å². The van der Waals surface area contributed by atoms with Crippen molar-refractivity contribution < 1.29 is 9.53 Å². The zero-order valence-corrected chi connectivity index (χ0v) is 8.08. The summed E-state index contributed by atoms with van der Waals surface area (Å²) in [5, 5.41) is 3.07. The Morgan fingerprint density at radius 2 is 2.38 bits per heavy atom. The van der Waals surface area contributed by atoms with Gasteiger partial charge in [0.2, 0.25) is 0 Å². The second kappa shape index (κ2) is 5.62. The van der Waals surface area contributed by atoms with Crippen LogP contribution in [0.15, 0.2) is 12.3 Å². The Labute approximate surface area is 79.2 Å². The van der Waals surface area contributed by atoms with Gasteiger partial charge in [0, 0.05) is 18.8 Å². The molecule has 0 atom stereocenters. The molecular formula is C10H17NO2. The van der Waals surface area contributed by atoms with Crippen LogP contribution < -0.4 is 5.32 Å². The van der Waals surface area contributed by atoms with Crippen LogP contribution in [0.25, 0.3) is 0 Å². The van der Waals surface area contributed by atoms with Gasteiger partial charge in [-0.25, -0.2) is 4.79 Å². The monoisotopic (exact) mass is 183 g/mol. The molecule has 1 N–H and O–H groups in total. The third-order valence-corrected chi connectivity index (χ3v) is 2.46. The van der Waals surface area contributed by atoms with Crippen molar-refractivity contribution in [3.05, 3.63) is 12.3 Å². The second-order valence-corrected chi connectivity index (χ2v) is 3.40. The van der Waals surface area contributed by atoms with E-state index in [1.54, 1.807) is 6.20 Å².